The Morgan fingerprint density at radius 1 is 1.46 bits per heavy atom. The zero-order valence-corrected chi connectivity index (χ0v) is 10.3. The van der Waals surface area contributed by atoms with Crippen LogP contribution in [0.4, 0.5) is 5.82 Å². The Hall–Kier alpha value is -0.390. The molecule has 0 saturated heterocycles. The summed E-state index contributed by atoms with van der Waals surface area (Å²) in [5, 5.41) is 0. The van der Waals surface area contributed by atoms with Gasteiger partial charge >= 0.3 is 0 Å². The van der Waals surface area contributed by atoms with Gasteiger partial charge in [0.05, 0.1) is 3.57 Å². The summed E-state index contributed by atoms with van der Waals surface area (Å²) in [6, 6.07) is 0. The predicted molar refractivity (Wildman–Crippen MR) is 62.3 cm³/mol. The molecule has 1 aromatic heterocycles. The number of aromatic nitrogens is 2. The number of hydrogen-bond acceptors (Lipinski definition) is 3. The molecule has 13 heavy (non-hydrogen) atoms. The van der Waals surface area contributed by atoms with E-state index in [1.807, 2.05) is 0 Å². The molecule has 0 aromatic carbocycles. The van der Waals surface area contributed by atoms with Crippen LogP contribution in [0.3, 0.4) is 0 Å². The topological polar surface area (TPSA) is 51.8 Å². The molecule has 0 fully saturated rings. The molecule has 1 aromatic rings. The standard InChI is InChI=1S/C9H14IN3/c1-9(2,3)4-7-12-5-6(10)8(11)13-7/h5H,4H2,1-3H3,(H2,11,12,13). The molecular weight excluding hydrogens is 277 g/mol. The van der Waals surface area contributed by atoms with Crippen molar-refractivity contribution in [3.63, 3.8) is 0 Å². The summed E-state index contributed by atoms with van der Waals surface area (Å²) in [6.07, 6.45) is 2.62. The second-order valence-corrected chi connectivity index (χ2v) is 5.42. The Labute approximate surface area is 92.3 Å². The van der Waals surface area contributed by atoms with Crippen molar-refractivity contribution in [1.29, 1.82) is 0 Å². The first-order chi connectivity index (χ1) is 5.88. The Kier molecular flexibility index (Phi) is 3.10. The Morgan fingerprint density at radius 2 is 2.08 bits per heavy atom. The number of nitrogen functional groups attached to an aromatic ring is 1. The molecule has 72 valence electrons. The van der Waals surface area contributed by atoms with Crippen molar-refractivity contribution in [1.82, 2.24) is 9.97 Å². The van der Waals surface area contributed by atoms with Gasteiger partial charge in [-0.1, -0.05) is 20.8 Å². The lowest BCUT2D eigenvalue weighted by atomic mass is 9.92. The van der Waals surface area contributed by atoms with Crippen LogP contribution in [0, 0.1) is 8.99 Å². The van der Waals surface area contributed by atoms with Crippen molar-refractivity contribution < 1.29 is 0 Å². The zero-order valence-electron chi connectivity index (χ0n) is 8.13. The molecule has 0 atom stereocenters. The SMILES string of the molecule is CC(C)(C)Cc1ncc(I)c(N)n1. The quantitative estimate of drug-likeness (QED) is 0.807. The molecule has 0 radical (unpaired) electrons. The molecule has 0 aliphatic rings. The fraction of sp³-hybridized carbons (Fsp3) is 0.556. The van der Waals surface area contributed by atoms with Crippen LogP contribution in [-0.2, 0) is 6.42 Å². The first-order valence-electron chi connectivity index (χ1n) is 4.15. The first kappa shape index (κ1) is 10.7. The number of rotatable bonds is 1. The molecule has 1 heterocycles. The van der Waals surface area contributed by atoms with Crippen molar-refractivity contribution in [3.05, 3.63) is 15.6 Å². The molecular formula is C9H14IN3. The van der Waals surface area contributed by atoms with Gasteiger partial charge in [-0.3, -0.25) is 0 Å². The molecule has 0 bridgehead atoms. The van der Waals surface area contributed by atoms with Crippen LogP contribution in [0.5, 0.6) is 0 Å². The Morgan fingerprint density at radius 3 is 2.54 bits per heavy atom. The van der Waals surface area contributed by atoms with Gasteiger partial charge in [-0.25, -0.2) is 9.97 Å². The van der Waals surface area contributed by atoms with Gasteiger partial charge in [0.25, 0.3) is 0 Å². The fourth-order valence-corrected chi connectivity index (χ4v) is 1.24. The summed E-state index contributed by atoms with van der Waals surface area (Å²) < 4.78 is 0.912. The van der Waals surface area contributed by atoms with Gasteiger partial charge in [0.1, 0.15) is 11.6 Å². The maximum absolute atomic E-state index is 5.68. The minimum Gasteiger partial charge on any atom is -0.383 e. The van der Waals surface area contributed by atoms with Gasteiger partial charge < -0.3 is 5.73 Å². The Bertz CT molecular complexity index is 304. The van der Waals surface area contributed by atoms with Crippen LogP contribution < -0.4 is 5.73 Å². The number of nitrogens with zero attached hydrogens (tertiary/aromatic N) is 2. The maximum atomic E-state index is 5.68. The van der Waals surface area contributed by atoms with Crippen molar-refractivity contribution in [2.45, 2.75) is 27.2 Å². The van der Waals surface area contributed by atoms with Crippen LogP contribution >= 0.6 is 22.6 Å². The number of anilines is 1. The summed E-state index contributed by atoms with van der Waals surface area (Å²) in [6.45, 7) is 6.47. The van der Waals surface area contributed by atoms with Gasteiger partial charge in [0, 0.05) is 12.6 Å². The lowest BCUT2D eigenvalue weighted by molar-refractivity contribution is 0.401. The average molecular weight is 291 g/mol. The summed E-state index contributed by atoms with van der Waals surface area (Å²) >= 11 is 2.13. The minimum atomic E-state index is 0.208. The van der Waals surface area contributed by atoms with Gasteiger partial charge in [-0.2, -0.15) is 0 Å². The summed E-state index contributed by atoms with van der Waals surface area (Å²) in [4.78, 5) is 8.44. The lowest BCUT2D eigenvalue weighted by Crippen LogP contribution is -2.13. The van der Waals surface area contributed by atoms with Gasteiger partial charge in [0.15, 0.2) is 0 Å². The lowest BCUT2D eigenvalue weighted by Gasteiger charge is -2.16. The highest BCUT2D eigenvalue weighted by Gasteiger charge is 2.13. The molecule has 0 unspecified atom stereocenters. The molecule has 0 spiro atoms. The summed E-state index contributed by atoms with van der Waals surface area (Å²) in [5.41, 5.74) is 5.89. The zero-order chi connectivity index (χ0) is 10.1. The number of nitrogens with two attached hydrogens (primary N) is 1. The van der Waals surface area contributed by atoms with Crippen LogP contribution in [-0.4, -0.2) is 9.97 Å². The van der Waals surface area contributed by atoms with Gasteiger partial charge in [-0.05, 0) is 28.0 Å². The van der Waals surface area contributed by atoms with E-state index in [1.54, 1.807) is 6.20 Å². The van der Waals surface area contributed by atoms with Crippen molar-refractivity contribution in [2.75, 3.05) is 5.73 Å². The minimum absolute atomic E-state index is 0.208. The molecule has 2 N–H and O–H groups in total. The van der Waals surface area contributed by atoms with Gasteiger partial charge in [0.2, 0.25) is 0 Å². The normalized spacial score (nSPS) is 11.7. The number of halogens is 1. The van der Waals surface area contributed by atoms with E-state index in [1.165, 1.54) is 0 Å². The van der Waals surface area contributed by atoms with Gasteiger partial charge in [-0.15, -0.1) is 0 Å². The van der Waals surface area contributed by atoms with Crippen LogP contribution in [0.1, 0.15) is 26.6 Å². The van der Waals surface area contributed by atoms with Crippen molar-refractivity contribution in [2.24, 2.45) is 5.41 Å². The van der Waals surface area contributed by atoms with Crippen LogP contribution in [0.15, 0.2) is 6.20 Å². The molecule has 4 heteroatoms. The summed E-state index contributed by atoms with van der Waals surface area (Å²) in [5.74, 6) is 1.40. The molecule has 0 saturated carbocycles. The van der Waals surface area contributed by atoms with Crippen molar-refractivity contribution in [3.8, 4) is 0 Å². The van der Waals surface area contributed by atoms with E-state index in [-0.39, 0.29) is 5.41 Å². The van der Waals surface area contributed by atoms with E-state index in [9.17, 15) is 0 Å². The van der Waals surface area contributed by atoms with E-state index in [4.69, 9.17) is 5.73 Å². The third-order valence-electron chi connectivity index (χ3n) is 1.51. The van der Waals surface area contributed by atoms with E-state index in [0.717, 1.165) is 15.8 Å². The molecule has 3 nitrogen and oxygen atoms in total. The summed E-state index contributed by atoms with van der Waals surface area (Å²) in [7, 11) is 0. The highest BCUT2D eigenvalue weighted by atomic mass is 127. The van der Waals surface area contributed by atoms with Crippen LogP contribution in [0.2, 0.25) is 0 Å². The predicted octanol–water partition coefficient (Wildman–Crippen LogP) is 2.25. The largest absolute Gasteiger partial charge is 0.383 e. The van der Waals surface area contributed by atoms with Crippen molar-refractivity contribution >= 4 is 28.4 Å². The first-order valence-corrected chi connectivity index (χ1v) is 5.23. The highest BCUT2D eigenvalue weighted by Crippen LogP contribution is 2.19. The number of hydrogen-bond donors (Lipinski definition) is 1. The third-order valence-corrected chi connectivity index (χ3v) is 2.34. The molecule has 0 aliphatic heterocycles. The Balaban J connectivity index is 2.86. The van der Waals surface area contributed by atoms with E-state index in [0.29, 0.717) is 5.82 Å². The average Bonchev–Trinajstić information content (AvgIpc) is 1.94. The van der Waals surface area contributed by atoms with E-state index >= 15 is 0 Å². The second kappa shape index (κ2) is 3.77. The smallest absolute Gasteiger partial charge is 0.140 e. The monoisotopic (exact) mass is 291 g/mol. The molecule has 0 amide bonds. The third kappa shape index (κ3) is 3.46. The maximum Gasteiger partial charge on any atom is 0.140 e. The molecule has 1 rings (SSSR count). The van der Waals surface area contributed by atoms with E-state index < -0.39 is 0 Å². The highest BCUT2D eigenvalue weighted by molar-refractivity contribution is 14.1. The van der Waals surface area contributed by atoms with Crippen LogP contribution in [0.25, 0.3) is 0 Å². The van der Waals surface area contributed by atoms with E-state index in [2.05, 4.69) is 53.3 Å². The molecule has 0 aliphatic carbocycles. The fourth-order valence-electron chi connectivity index (χ4n) is 0.978. The second-order valence-electron chi connectivity index (χ2n) is 4.26.